The van der Waals surface area contributed by atoms with Crippen molar-refractivity contribution in [3.63, 3.8) is 0 Å². The summed E-state index contributed by atoms with van der Waals surface area (Å²) < 4.78 is 0. The summed E-state index contributed by atoms with van der Waals surface area (Å²) >= 11 is 0. The van der Waals surface area contributed by atoms with Crippen molar-refractivity contribution >= 4 is 24.8 Å². The smallest absolute Gasteiger partial charge is 0.0631 e. The summed E-state index contributed by atoms with van der Waals surface area (Å²) in [5.41, 5.74) is 3.47. The highest BCUT2D eigenvalue weighted by atomic mass is 35.5. The van der Waals surface area contributed by atoms with Gasteiger partial charge in [0.25, 0.3) is 0 Å². The molecular formula is C7H12Cl2N2. The summed E-state index contributed by atoms with van der Waals surface area (Å²) in [6.45, 7) is 6.06. The molecule has 0 aromatic carbocycles. The van der Waals surface area contributed by atoms with Gasteiger partial charge in [-0.1, -0.05) is 0 Å². The highest BCUT2D eigenvalue weighted by Gasteiger charge is 1.94. The van der Waals surface area contributed by atoms with Gasteiger partial charge in [0, 0.05) is 0 Å². The Morgan fingerprint density at radius 2 is 1.64 bits per heavy atom. The molecule has 0 unspecified atom stereocenters. The van der Waals surface area contributed by atoms with Crippen molar-refractivity contribution in [2.24, 2.45) is 0 Å². The highest BCUT2D eigenvalue weighted by Crippen LogP contribution is 2.05. The number of hydrogen-bond acceptors (Lipinski definition) is 2. The minimum atomic E-state index is 0. The quantitative estimate of drug-likeness (QED) is 0.634. The Hall–Kier alpha value is -0.340. The SMILES string of the molecule is Cc1cnnc(C)c1C.Cl.Cl. The molecule has 0 bridgehead atoms. The third kappa shape index (κ3) is 3.04. The molecule has 0 fully saturated rings. The number of aromatic nitrogens is 2. The van der Waals surface area contributed by atoms with Gasteiger partial charge in [-0.3, -0.25) is 0 Å². The first-order chi connectivity index (χ1) is 4.22. The van der Waals surface area contributed by atoms with Gasteiger partial charge >= 0.3 is 0 Å². The molecule has 0 aliphatic rings. The van der Waals surface area contributed by atoms with Crippen molar-refractivity contribution in [3.05, 3.63) is 23.0 Å². The first kappa shape index (κ1) is 13.3. The molecule has 2 nitrogen and oxygen atoms in total. The van der Waals surface area contributed by atoms with Gasteiger partial charge in [0.2, 0.25) is 0 Å². The molecule has 0 spiro atoms. The van der Waals surface area contributed by atoms with Gasteiger partial charge in [0.05, 0.1) is 11.9 Å². The zero-order chi connectivity index (χ0) is 6.85. The molecule has 64 valence electrons. The maximum Gasteiger partial charge on any atom is 0.0631 e. The second-order valence-corrected chi connectivity index (χ2v) is 2.24. The van der Waals surface area contributed by atoms with Crippen LogP contribution in [0.2, 0.25) is 0 Å². The molecule has 0 amide bonds. The molecule has 1 aromatic heterocycles. The van der Waals surface area contributed by atoms with Crippen molar-refractivity contribution in [1.82, 2.24) is 10.2 Å². The molecule has 0 radical (unpaired) electrons. The maximum atomic E-state index is 3.89. The summed E-state index contributed by atoms with van der Waals surface area (Å²) in [5, 5.41) is 7.68. The molecule has 0 atom stereocenters. The van der Waals surface area contributed by atoms with Crippen LogP contribution in [0, 0.1) is 20.8 Å². The lowest BCUT2D eigenvalue weighted by Gasteiger charge is -1.98. The molecule has 1 rings (SSSR count). The predicted molar refractivity (Wildman–Crippen MR) is 50.7 cm³/mol. The molecule has 0 N–H and O–H groups in total. The van der Waals surface area contributed by atoms with E-state index in [0.29, 0.717) is 0 Å². The van der Waals surface area contributed by atoms with Crippen molar-refractivity contribution in [2.45, 2.75) is 20.8 Å². The van der Waals surface area contributed by atoms with Crippen LogP contribution in [-0.4, -0.2) is 10.2 Å². The summed E-state index contributed by atoms with van der Waals surface area (Å²) in [7, 11) is 0. The van der Waals surface area contributed by atoms with Crippen LogP contribution in [0.5, 0.6) is 0 Å². The Labute approximate surface area is 79.2 Å². The van der Waals surface area contributed by atoms with Gasteiger partial charge in [-0.2, -0.15) is 10.2 Å². The number of rotatable bonds is 0. The number of hydrogen-bond donors (Lipinski definition) is 0. The average Bonchev–Trinajstić information content (AvgIpc) is 1.83. The van der Waals surface area contributed by atoms with Crippen LogP contribution in [0.15, 0.2) is 6.20 Å². The van der Waals surface area contributed by atoms with E-state index >= 15 is 0 Å². The van der Waals surface area contributed by atoms with Gasteiger partial charge in [0.1, 0.15) is 0 Å². The summed E-state index contributed by atoms with van der Waals surface area (Å²) in [5.74, 6) is 0. The molecule has 4 heteroatoms. The Bertz CT molecular complexity index is 205. The van der Waals surface area contributed by atoms with Crippen LogP contribution in [-0.2, 0) is 0 Å². The fourth-order valence-electron chi connectivity index (χ4n) is 0.659. The highest BCUT2D eigenvalue weighted by molar-refractivity contribution is 5.85. The van der Waals surface area contributed by atoms with Crippen LogP contribution in [0.4, 0.5) is 0 Å². The normalized spacial score (nSPS) is 7.91. The Morgan fingerprint density at radius 1 is 1.09 bits per heavy atom. The fourth-order valence-corrected chi connectivity index (χ4v) is 0.659. The molecule has 11 heavy (non-hydrogen) atoms. The summed E-state index contributed by atoms with van der Waals surface area (Å²) in [6.07, 6.45) is 1.78. The molecular weight excluding hydrogens is 183 g/mol. The molecule has 1 aromatic rings. The van der Waals surface area contributed by atoms with Crippen molar-refractivity contribution in [2.75, 3.05) is 0 Å². The van der Waals surface area contributed by atoms with Gasteiger partial charge < -0.3 is 0 Å². The minimum Gasteiger partial charge on any atom is -0.159 e. The van der Waals surface area contributed by atoms with Gasteiger partial charge in [-0.05, 0) is 31.9 Å². The van der Waals surface area contributed by atoms with Crippen LogP contribution in [0.3, 0.4) is 0 Å². The number of aryl methyl sites for hydroxylation is 2. The van der Waals surface area contributed by atoms with Gasteiger partial charge in [0.15, 0.2) is 0 Å². The van der Waals surface area contributed by atoms with E-state index in [0.717, 1.165) is 5.69 Å². The van der Waals surface area contributed by atoms with Gasteiger partial charge in [-0.25, -0.2) is 0 Å². The lowest BCUT2D eigenvalue weighted by Crippen LogP contribution is -1.92. The lowest BCUT2D eigenvalue weighted by atomic mass is 10.2. The first-order valence-corrected chi connectivity index (χ1v) is 2.97. The Kier molecular flexibility index (Phi) is 6.43. The van der Waals surface area contributed by atoms with E-state index in [2.05, 4.69) is 17.1 Å². The third-order valence-corrected chi connectivity index (χ3v) is 1.59. The van der Waals surface area contributed by atoms with Crippen LogP contribution >= 0.6 is 24.8 Å². The van der Waals surface area contributed by atoms with Gasteiger partial charge in [-0.15, -0.1) is 24.8 Å². The zero-order valence-corrected chi connectivity index (χ0v) is 8.42. The van der Waals surface area contributed by atoms with Crippen LogP contribution in [0.1, 0.15) is 16.8 Å². The molecule has 0 aliphatic carbocycles. The van der Waals surface area contributed by atoms with E-state index in [4.69, 9.17) is 0 Å². The third-order valence-electron chi connectivity index (χ3n) is 1.59. The lowest BCUT2D eigenvalue weighted by molar-refractivity contribution is 0.944. The largest absolute Gasteiger partial charge is 0.159 e. The topological polar surface area (TPSA) is 25.8 Å². The van der Waals surface area contributed by atoms with Crippen molar-refractivity contribution < 1.29 is 0 Å². The zero-order valence-electron chi connectivity index (χ0n) is 6.79. The van der Waals surface area contributed by atoms with E-state index in [1.54, 1.807) is 6.20 Å². The average molecular weight is 195 g/mol. The fraction of sp³-hybridized carbons (Fsp3) is 0.429. The van der Waals surface area contributed by atoms with Crippen LogP contribution in [0.25, 0.3) is 0 Å². The van der Waals surface area contributed by atoms with E-state index in [1.807, 2.05) is 13.8 Å². The molecule has 0 saturated heterocycles. The van der Waals surface area contributed by atoms with E-state index in [1.165, 1.54) is 11.1 Å². The second kappa shape index (κ2) is 5.33. The molecule has 0 saturated carbocycles. The van der Waals surface area contributed by atoms with E-state index in [9.17, 15) is 0 Å². The van der Waals surface area contributed by atoms with Crippen molar-refractivity contribution in [1.29, 1.82) is 0 Å². The summed E-state index contributed by atoms with van der Waals surface area (Å²) in [4.78, 5) is 0. The molecule has 1 heterocycles. The monoisotopic (exact) mass is 194 g/mol. The minimum absolute atomic E-state index is 0. The number of nitrogens with zero attached hydrogens (tertiary/aromatic N) is 2. The standard InChI is InChI=1S/C7H10N2.2ClH/c1-5-4-8-9-7(3)6(5)2;;/h4H,1-3H3;2*1H. The summed E-state index contributed by atoms with van der Waals surface area (Å²) in [6, 6.07) is 0. The maximum absolute atomic E-state index is 3.89. The Balaban J connectivity index is 0. The molecule has 0 aliphatic heterocycles. The Morgan fingerprint density at radius 3 is 2.00 bits per heavy atom. The second-order valence-electron chi connectivity index (χ2n) is 2.24. The van der Waals surface area contributed by atoms with Crippen molar-refractivity contribution in [3.8, 4) is 0 Å². The van der Waals surface area contributed by atoms with E-state index in [-0.39, 0.29) is 24.8 Å². The van der Waals surface area contributed by atoms with Crippen LogP contribution < -0.4 is 0 Å². The first-order valence-electron chi connectivity index (χ1n) is 2.97. The predicted octanol–water partition coefficient (Wildman–Crippen LogP) is 2.25. The van der Waals surface area contributed by atoms with E-state index < -0.39 is 0 Å². The number of halogens is 2.